The molecule has 0 atom stereocenters. The van der Waals surface area contributed by atoms with Gasteiger partial charge in [0.15, 0.2) is 5.13 Å². The van der Waals surface area contributed by atoms with Crippen LogP contribution in [0.2, 0.25) is 0 Å². The number of aromatic nitrogens is 1. The Kier molecular flexibility index (Phi) is 4.74. The summed E-state index contributed by atoms with van der Waals surface area (Å²) in [4.78, 5) is 19.5. The number of anilines is 2. The first-order valence-electron chi connectivity index (χ1n) is 6.62. The normalized spacial score (nSPS) is 10.3. The molecule has 1 amide bonds. The van der Waals surface area contributed by atoms with Crippen LogP contribution in [-0.4, -0.2) is 24.5 Å². The Morgan fingerprint density at radius 3 is 2.65 bits per heavy atom. The number of nitrogens with zero attached hydrogens (tertiary/aromatic N) is 2. The van der Waals surface area contributed by atoms with Crippen molar-refractivity contribution >= 4 is 28.1 Å². The topological polar surface area (TPSA) is 45.2 Å². The van der Waals surface area contributed by atoms with Crippen LogP contribution < -0.4 is 10.2 Å². The van der Waals surface area contributed by atoms with E-state index < -0.39 is 0 Å². The number of hydrogen-bond donors (Lipinski definition) is 1. The fraction of sp³-hybridized carbons (Fsp3) is 0.333. The maximum Gasteiger partial charge on any atom is 0.245 e. The Morgan fingerprint density at radius 2 is 2.05 bits per heavy atom. The minimum Gasteiger partial charge on any atom is -0.365 e. The molecule has 0 aliphatic heterocycles. The van der Waals surface area contributed by atoms with Crippen molar-refractivity contribution in [2.45, 2.75) is 20.3 Å². The summed E-state index contributed by atoms with van der Waals surface area (Å²) in [6.07, 6.45) is 0.891. The number of aryl methyl sites for hydroxylation is 2. The van der Waals surface area contributed by atoms with Gasteiger partial charge in [0.1, 0.15) is 0 Å². The molecule has 0 unspecified atom stereocenters. The third-order valence-electron chi connectivity index (χ3n) is 3.05. The molecule has 4 nitrogen and oxygen atoms in total. The average Bonchev–Trinajstić information content (AvgIpc) is 2.79. The fourth-order valence-electron chi connectivity index (χ4n) is 1.96. The number of nitrogens with one attached hydrogen (secondary N) is 1. The minimum atomic E-state index is -0.0484. The van der Waals surface area contributed by atoms with Gasteiger partial charge in [0.2, 0.25) is 5.91 Å². The van der Waals surface area contributed by atoms with Gasteiger partial charge in [0.05, 0.1) is 12.2 Å². The van der Waals surface area contributed by atoms with Crippen molar-refractivity contribution in [3.63, 3.8) is 0 Å². The standard InChI is InChI=1S/C15H19N3OS/c1-4-13-11(2)20-15(16-13)17-14(19)10-18(3)12-8-6-5-7-9-12/h5-9H,4,10H2,1-3H3,(H,16,17,19). The molecule has 0 radical (unpaired) electrons. The molecule has 1 N–H and O–H groups in total. The van der Waals surface area contributed by atoms with E-state index in [-0.39, 0.29) is 5.91 Å². The average molecular weight is 289 g/mol. The van der Waals surface area contributed by atoms with Gasteiger partial charge in [-0.15, -0.1) is 11.3 Å². The quantitative estimate of drug-likeness (QED) is 0.920. The van der Waals surface area contributed by atoms with Crippen molar-refractivity contribution in [3.8, 4) is 0 Å². The summed E-state index contributed by atoms with van der Waals surface area (Å²) in [5.41, 5.74) is 2.08. The van der Waals surface area contributed by atoms with Crippen molar-refractivity contribution in [2.75, 3.05) is 23.8 Å². The second-order valence-electron chi connectivity index (χ2n) is 4.62. The van der Waals surface area contributed by atoms with Crippen molar-refractivity contribution in [1.82, 2.24) is 4.98 Å². The van der Waals surface area contributed by atoms with E-state index in [1.165, 1.54) is 16.2 Å². The number of likely N-dealkylation sites (N-methyl/N-ethyl adjacent to an activating group) is 1. The summed E-state index contributed by atoms with van der Waals surface area (Å²) in [6, 6.07) is 9.84. The third-order valence-corrected chi connectivity index (χ3v) is 3.98. The highest BCUT2D eigenvalue weighted by Gasteiger charge is 2.11. The monoisotopic (exact) mass is 289 g/mol. The second kappa shape index (κ2) is 6.52. The first-order chi connectivity index (χ1) is 9.60. The zero-order valence-corrected chi connectivity index (χ0v) is 12.8. The predicted octanol–water partition coefficient (Wildman–Crippen LogP) is 3.09. The number of amides is 1. The van der Waals surface area contributed by atoms with Crippen LogP contribution in [0.4, 0.5) is 10.8 Å². The lowest BCUT2D eigenvalue weighted by molar-refractivity contribution is -0.114. The third kappa shape index (κ3) is 3.57. The molecule has 1 heterocycles. The van der Waals surface area contributed by atoms with Gasteiger partial charge < -0.3 is 10.2 Å². The molecule has 0 aliphatic rings. The molecule has 0 aliphatic carbocycles. The largest absolute Gasteiger partial charge is 0.365 e. The van der Waals surface area contributed by atoms with Gasteiger partial charge in [0, 0.05) is 17.6 Å². The Balaban J connectivity index is 1.95. The van der Waals surface area contributed by atoms with Gasteiger partial charge in [-0.25, -0.2) is 4.98 Å². The van der Waals surface area contributed by atoms with Crippen LogP contribution in [0.15, 0.2) is 30.3 Å². The Labute approximate surface area is 123 Å². The number of para-hydroxylation sites is 1. The number of carbonyl (C=O) groups is 1. The van der Waals surface area contributed by atoms with Crippen LogP contribution in [0.5, 0.6) is 0 Å². The van der Waals surface area contributed by atoms with Crippen LogP contribution >= 0.6 is 11.3 Å². The van der Waals surface area contributed by atoms with Gasteiger partial charge in [-0.1, -0.05) is 25.1 Å². The highest BCUT2D eigenvalue weighted by molar-refractivity contribution is 7.15. The minimum absolute atomic E-state index is 0.0484. The molecule has 2 aromatic rings. The molecular weight excluding hydrogens is 270 g/mol. The highest BCUT2D eigenvalue weighted by atomic mass is 32.1. The van der Waals surface area contributed by atoms with Crippen LogP contribution in [0, 0.1) is 6.92 Å². The van der Waals surface area contributed by atoms with E-state index in [0.717, 1.165) is 17.8 Å². The van der Waals surface area contributed by atoms with Crippen LogP contribution in [0.1, 0.15) is 17.5 Å². The number of rotatable bonds is 5. The maximum absolute atomic E-state index is 12.0. The van der Waals surface area contributed by atoms with E-state index in [1.54, 1.807) is 0 Å². The van der Waals surface area contributed by atoms with E-state index in [9.17, 15) is 4.79 Å². The van der Waals surface area contributed by atoms with E-state index >= 15 is 0 Å². The van der Waals surface area contributed by atoms with Crippen molar-refractivity contribution < 1.29 is 4.79 Å². The molecule has 5 heteroatoms. The van der Waals surface area contributed by atoms with E-state index in [2.05, 4.69) is 17.2 Å². The van der Waals surface area contributed by atoms with Crippen LogP contribution in [-0.2, 0) is 11.2 Å². The maximum atomic E-state index is 12.0. The van der Waals surface area contributed by atoms with Gasteiger partial charge >= 0.3 is 0 Å². The molecular formula is C15H19N3OS. The Bertz CT molecular complexity index is 580. The summed E-state index contributed by atoms with van der Waals surface area (Å²) in [5.74, 6) is -0.0484. The predicted molar refractivity (Wildman–Crippen MR) is 84.6 cm³/mol. The first-order valence-corrected chi connectivity index (χ1v) is 7.44. The zero-order chi connectivity index (χ0) is 14.5. The number of thiazole rings is 1. The summed E-state index contributed by atoms with van der Waals surface area (Å²) >= 11 is 1.53. The molecule has 0 fully saturated rings. The molecule has 0 saturated carbocycles. The number of benzene rings is 1. The number of carbonyl (C=O) groups excluding carboxylic acids is 1. The molecule has 1 aromatic heterocycles. The number of hydrogen-bond acceptors (Lipinski definition) is 4. The van der Waals surface area contributed by atoms with Gasteiger partial charge in [-0.3, -0.25) is 4.79 Å². The van der Waals surface area contributed by atoms with Crippen molar-refractivity contribution in [1.29, 1.82) is 0 Å². The SMILES string of the molecule is CCc1nc(NC(=O)CN(C)c2ccccc2)sc1C. The summed E-state index contributed by atoms with van der Waals surface area (Å²) in [5, 5.41) is 3.55. The molecule has 106 valence electrons. The van der Waals surface area contributed by atoms with Crippen molar-refractivity contribution in [2.24, 2.45) is 0 Å². The lowest BCUT2D eigenvalue weighted by Gasteiger charge is -2.18. The lowest BCUT2D eigenvalue weighted by Crippen LogP contribution is -2.29. The summed E-state index contributed by atoms with van der Waals surface area (Å²) in [6.45, 7) is 4.41. The molecule has 0 spiro atoms. The fourth-order valence-corrected chi connectivity index (χ4v) is 2.88. The molecule has 2 rings (SSSR count). The highest BCUT2D eigenvalue weighted by Crippen LogP contribution is 2.22. The molecule has 20 heavy (non-hydrogen) atoms. The van der Waals surface area contributed by atoms with E-state index in [0.29, 0.717) is 11.7 Å². The molecule has 1 aromatic carbocycles. The Morgan fingerprint density at radius 1 is 1.35 bits per heavy atom. The zero-order valence-electron chi connectivity index (χ0n) is 12.0. The summed E-state index contributed by atoms with van der Waals surface area (Å²) < 4.78 is 0. The lowest BCUT2D eigenvalue weighted by atomic mass is 10.3. The molecule has 0 saturated heterocycles. The van der Waals surface area contributed by atoms with Crippen LogP contribution in [0.25, 0.3) is 0 Å². The summed E-state index contributed by atoms with van der Waals surface area (Å²) in [7, 11) is 1.90. The smallest absolute Gasteiger partial charge is 0.245 e. The van der Waals surface area contributed by atoms with Gasteiger partial charge in [0.25, 0.3) is 0 Å². The second-order valence-corrected chi connectivity index (χ2v) is 5.82. The van der Waals surface area contributed by atoms with Crippen LogP contribution in [0.3, 0.4) is 0 Å². The Hall–Kier alpha value is -1.88. The van der Waals surface area contributed by atoms with Gasteiger partial charge in [-0.05, 0) is 25.5 Å². The molecule has 0 bridgehead atoms. The van der Waals surface area contributed by atoms with Gasteiger partial charge in [-0.2, -0.15) is 0 Å². The van der Waals surface area contributed by atoms with Crippen molar-refractivity contribution in [3.05, 3.63) is 40.9 Å². The first kappa shape index (κ1) is 14.5. The van der Waals surface area contributed by atoms with E-state index in [4.69, 9.17) is 0 Å². The van der Waals surface area contributed by atoms with E-state index in [1.807, 2.05) is 49.2 Å².